The summed E-state index contributed by atoms with van der Waals surface area (Å²) in [6.45, 7) is 3.88. The zero-order valence-electron chi connectivity index (χ0n) is 12.9. The van der Waals surface area contributed by atoms with E-state index < -0.39 is 0 Å². The van der Waals surface area contributed by atoms with Gasteiger partial charge in [-0.3, -0.25) is 9.89 Å². The van der Waals surface area contributed by atoms with Gasteiger partial charge in [0.05, 0.1) is 11.9 Å². The monoisotopic (exact) mass is 372 g/mol. The summed E-state index contributed by atoms with van der Waals surface area (Å²) < 4.78 is 0.975. The summed E-state index contributed by atoms with van der Waals surface area (Å²) in [5.41, 5.74) is 2.45. The van der Waals surface area contributed by atoms with Crippen LogP contribution in [0.5, 0.6) is 0 Å². The van der Waals surface area contributed by atoms with Gasteiger partial charge >= 0.3 is 0 Å². The zero-order valence-corrected chi connectivity index (χ0v) is 14.5. The second-order valence-corrected chi connectivity index (χ2v) is 6.08. The van der Waals surface area contributed by atoms with Crippen molar-refractivity contribution in [1.82, 2.24) is 15.5 Å². The number of carbonyl (C=O) groups excluding carboxylic acids is 1. The standard InChI is InChI=1S/C17H17BrN4O/c1-3-11(2)21-17(23)13(9-19)8-14-10-20-22-16(14)12-4-6-15(18)7-5-12/h4-8,10-11H,3H2,1-2H3,(H,20,22)(H,21,23)/b13-8+/t11-/m0/s1. The highest BCUT2D eigenvalue weighted by molar-refractivity contribution is 9.10. The number of hydrogen-bond donors (Lipinski definition) is 2. The maximum absolute atomic E-state index is 12.1. The molecule has 0 radical (unpaired) electrons. The van der Waals surface area contributed by atoms with Gasteiger partial charge in [-0.2, -0.15) is 10.4 Å². The SMILES string of the molecule is CC[C@H](C)NC(=O)/C(C#N)=C/c1cn[nH]c1-c1ccc(Br)cc1. The molecule has 1 amide bonds. The van der Waals surface area contributed by atoms with E-state index >= 15 is 0 Å². The third kappa shape index (κ3) is 4.30. The van der Waals surface area contributed by atoms with Crippen LogP contribution >= 0.6 is 15.9 Å². The molecule has 1 aromatic carbocycles. The van der Waals surface area contributed by atoms with E-state index in [0.29, 0.717) is 5.56 Å². The van der Waals surface area contributed by atoms with Crippen LogP contribution in [0.2, 0.25) is 0 Å². The number of aromatic nitrogens is 2. The number of rotatable bonds is 5. The largest absolute Gasteiger partial charge is 0.349 e. The topological polar surface area (TPSA) is 81.6 Å². The highest BCUT2D eigenvalue weighted by Gasteiger charge is 2.13. The van der Waals surface area contributed by atoms with Crippen LogP contribution in [0.1, 0.15) is 25.8 Å². The van der Waals surface area contributed by atoms with E-state index in [4.69, 9.17) is 0 Å². The van der Waals surface area contributed by atoms with Crippen LogP contribution in [-0.2, 0) is 4.79 Å². The van der Waals surface area contributed by atoms with Crippen LogP contribution < -0.4 is 5.32 Å². The van der Waals surface area contributed by atoms with Gasteiger partial charge in [0.2, 0.25) is 0 Å². The fourth-order valence-corrected chi connectivity index (χ4v) is 2.22. The molecule has 0 saturated heterocycles. The summed E-state index contributed by atoms with van der Waals surface area (Å²) in [7, 11) is 0. The average Bonchev–Trinajstić information content (AvgIpc) is 3.01. The van der Waals surface area contributed by atoms with E-state index in [2.05, 4.69) is 31.4 Å². The van der Waals surface area contributed by atoms with Crippen molar-refractivity contribution in [1.29, 1.82) is 5.26 Å². The molecule has 2 N–H and O–H groups in total. The Labute approximate surface area is 143 Å². The first kappa shape index (κ1) is 17.0. The van der Waals surface area contributed by atoms with E-state index in [9.17, 15) is 10.1 Å². The number of nitriles is 1. The van der Waals surface area contributed by atoms with Crippen LogP contribution in [0.3, 0.4) is 0 Å². The molecule has 1 heterocycles. The highest BCUT2D eigenvalue weighted by atomic mass is 79.9. The molecule has 0 unspecified atom stereocenters. The number of hydrogen-bond acceptors (Lipinski definition) is 3. The van der Waals surface area contributed by atoms with E-state index in [0.717, 1.165) is 22.2 Å². The molecule has 0 aliphatic heterocycles. The number of carbonyl (C=O) groups is 1. The molecule has 6 heteroatoms. The lowest BCUT2D eigenvalue weighted by Gasteiger charge is -2.10. The highest BCUT2D eigenvalue weighted by Crippen LogP contribution is 2.24. The number of nitrogens with one attached hydrogen (secondary N) is 2. The Morgan fingerprint density at radius 2 is 2.17 bits per heavy atom. The zero-order chi connectivity index (χ0) is 16.8. The molecule has 2 rings (SSSR count). The van der Waals surface area contributed by atoms with Gasteiger partial charge in [-0.25, -0.2) is 0 Å². The maximum Gasteiger partial charge on any atom is 0.262 e. The predicted octanol–water partition coefficient (Wildman–Crippen LogP) is 3.66. The van der Waals surface area contributed by atoms with Crippen molar-refractivity contribution < 1.29 is 4.79 Å². The third-order valence-corrected chi connectivity index (χ3v) is 3.99. The fraction of sp³-hybridized carbons (Fsp3) is 0.235. The van der Waals surface area contributed by atoms with E-state index in [1.165, 1.54) is 0 Å². The molecule has 0 saturated carbocycles. The van der Waals surface area contributed by atoms with Gasteiger partial charge in [-0.15, -0.1) is 0 Å². The Balaban J connectivity index is 2.32. The molecule has 0 bridgehead atoms. The molecular weight excluding hydrogens is 356 g/mol. The van der Waals surface area contributed by atoms with Crippen LogP contribution in [0, 0.1) is 11.3 Å². The first-order valence-corrected chi connectivity index (χ1v) is 8.06. The lowest BCUT2D eigenvalue weighted by Crippen LogP contribution is -2.32. The molecule has 1 aromatic heterocycles. The van der Waals surface area contributed by atoms with Gasteiger partial charge in [0.15, 0.2) is 0 Å². The number of benzene rings is 1. The summed E-state index contributed by atoms with van der Waals surface area (Å²) in [5.74, 6) is -0.371. The van der Waals surface area contributed by atoms with Crippen molar-refractivity contribution in [3.63, 3.8) is 0 Å². The van der Waals surface area contributed by atoms with E-state index in [1.54, 1.807) is 12.3 Å². The Hall–Kier alpha value is -2.39. The maximum atomic E-state index is 12.1. The molecule has 0 aliphatic rings. The lowest BCUT2D eigenvalue weighted by atomic mass is 10.1. The minimum atomic E-state index is -0.371. The molecule has 0 spiro atoms. The molecule has 2 aromatic rings. The predicted molar refractivity (Wildman–Crippen MR) is 93.2 cm³/mol. The van der Waals surface area contributed by atoms with Gasteiger partial charge in [0.1, 0.15) is 11.6 Å². The molecular formula is C17H17BrN4O. The Kier molecular flexibility index (Phi) is 5.72. The molecule has 1 atom stereocenters. The summed E-state index contributed by atoms with van der Waals surface area (Å²) in [6, 6.07) is 9.68. The number of H-pyrrole nitrogens is 1. The second kappa shape index (κ2) is 7.75. The minimum Gasteiger partial charge on any atom is -0.349 e. The normalized spacial score (nSPS) is 12.5. The van der Waals surface area contributed by atoms with Crippen molar-refractivity contribution in [3.05, 3.63) is 46.1 Å². The summed E-state index contributed by atoms with van der Waals surface area (Å²) >= 11 is 3.39. The number of nitrogens with zero attached hydrogens (tertiary/aromatic N) is 2. The first-order chi connectivity index (χ1) is 11.0. The van der Waals surface area contributed by atoms with Crippen LogP contribution in [0.15, 0.2) is 40.5 Å². The van der Waals surface area contributed by atoms with Crippen LogP contribution in [-0.4, -0.2) is 22.1 Å². The molecule has 23 heavy (non-hydrogen) atoms. The van der Waals surface area contributed by atoms with Gasteiger partial charge in [0, 0.05) is 21.6 Å². The van der Waals surface area contributed by atoms with Gasteiger partial charge in [-0.05, 0) is 31.6 Å². The summed E-state index contributed by atoms with van der Waals surface area (Å²) in [5, 5.41) is 19.0. The van der Waals surface area contributed by atoms with Crippen molar-refractivity contribution in [2.75, 3.05) is 0 Å². The van der Waals surface area contributed by atoms with E-state index in [-0.39, 0.29) is 17.5 Å². The van der Waals surface area contributed by atoms with Crippen molar-refractivity contribution in [2.45, 2.75) is 26.3 Å². The first-order valence-electron chi connectivity index (χ1n) is 7.27. The van der Waals surface area contributed by atoms with Crippen molar-refractivity contribution in [2.24, 2.45) is 0 Å². The Bertz CT molecular complexity index is 756. The van der Waals surface area contributed by atoms with Gasteiger partial charge < -0.3 is 5.32 Å². The summed E-state index contributed by atoms with van der Waals surface area (Å²) in [6.07, 6.45) is 3.96. The average molecular weight is 373 g/mol. The van der Waals surface area contributed by atoms with E-state index in [1.807, 2.05) is 44.2 Å². The molecule has 5 nitrogen and oxygen atoms in total. The fourth-order valence-electron chi connectivity index (χ4n) is 1.96. The third-order valence-electron chi connectivity index (χ3n) is 3.46. The molecule has 118 valence electrons. The number of aromatic amines is 1. The lowest BCUT2D eigenvalue weighted by molar-refractivity contribution is -0.117. The summed E-state index contributed by atoms with van der Waals surface area (Å²) in [4.78, 5) is 12.1. The second-order valence-electron chi connectivity index (χ2n) is 5.16. The van der Waals surface area contributed by atoms with Crippen LogP contribution in [0.25, 0.3) is 17.3 Å². The Morgan fingerprint density at radius 3 is 2.78 bits per heavy atom. The molecule has 0 fully saturated rings. The quantitative estimate of drug-likeness (QED) is 0.620. The van der Waals surface area contributed by atoms with Gasteiger partial charge in [0.25, 0.3) is 5.91 Å². The molecule has 0 aliphatic carbocycles. The number of halogens is 1. The van der Waals surface area contributed by atoms with Crippen molar-refractivity contribution in [3.8, 4) is 17.3 Å². The van der Waals surface area contributed by atoms with Crippen molar-refractivity contribution >= 4 is 27.9 Å². The smallest absolute Gasteiger partial charge is 0.262 e. The van der Waals surface area contributed by atoms with Crippen LogP contribution in [0.4, 0.5) is 0 Å². The Morgan fingerprint density at radius 1 is 1.48 bits per heavy atom. The van der Waals surface area contributed by atoms with Gasteiger partial charge in [-0.1, -0.05) is 35.0 Å². The number of amides is 1. The minimum absolute atomic E-state index is 0.0227.